The molecule has 1 fully saturated rings. The highest BCUT2D eigenvalue weighted by molar-refractivity contribution is 7.14. The van der Waals surface area contributed by atoms with Gasteiger partial charge in [-0.25, -0.2) is 18.6 Å². The summed E-state index contributed by atoms with van der Waals surface area (Å²) in [6, 6.07) is 8.34. The smallest absolute Gasteiger partial charge is 0.355 e. The first-order valence-electron chi connectivity index (χ1n) is 11.8. The van der Waals surface area contributed by atoms with Crippen LogP contribution in [0, 0.1) is 28.4 Å². The number of carbonyl (C=O) groups excluding carboxylic acids is 1. The maximum Gasteiger partial charge on any atom is 0.355 e. The van der Waals surface area contributed by atoms with E-state index in [1.807, 2.05) is 20.8 Å². The minimum absolute atomic E-state index is 0.00372. The van der Waals surface area contributed by atoms with Crippen molar-refractivity contribution in [3.8, 4) is 6.07 Å². The zero-order valence-corrected chi connectivity index (χ0v) is 23.4. The van der Waals surface area contributed by atoms with Gasteiger partial charge >= 0.3 is 5.97 Å². The molecule has 2 heterocycles. The number of thiazole rings is 1. The standard InChI is InChI=1S/C27H24Cl2F2N4O3S/c1-26(2,3)10-19-27(12-32,15-8-7-13(28)9-17(15)30)20(14-5-4-6-16(29)21(14)31)22(34-19)23(36)35-25-33-18(11-39-25)24(37)38/h4-9,11,19-20,22,34H,10H2,1-3H3,(H,37,38)(H,33,35,36)/t19-,20-,22+,27-/m0/s1. The van der Waals surface area contributed by atoms with Crippen molar-refractivity contribution in [2.75, 3.05) is 5.32 Å². The fraction of sp³-hybridized carbons (Fsp3) is 0.333. The number of nitriles is 1. The molecule has 0 saturated carbocycles. The van der Waals surface area contributed by atoms with Gasteiger partial charge in [0.25, 0.3) is 0 Å². The Morgan fingerprint density at radius 3 is 2.56 bits per heavy atom. The number of nitrogens with one attached hydrogen (secondary N) is 2. The summed E-state index contributed by atoms with van der Waals surface area (Å²) in [6.45, 7) is 5.79. The van der Waals surface area contributed by atoms with Gasteiger partial charge in [-0.3, -0.25) is 4.79 Å². The van der Waals surface area contributed by atoms with Crippen LogP contribution in [0.25, 0.3) is 0 Å². The number of aromatic nitrogens is 1. The molecule has 0 radical (unpaired) electrons. The van der Waals surface area contributed by atoms with E-state index in [1.54, 1.807) is 0 Å². The normalized spacial score (nSPS) is 22.9. The number of amides is 1. The number of aromatic carboxylic acids is 1. The SMILES string of the molecule is CC(C)(C)C[C@@H]1N[C@@H](C(=O)Nc2nc(C(=O)O)cs2)[C@H](c2cccc(Cl)c2F)[C@@]1(C#N)c1ccc(Cl)cc1F. The van der Waals surface area contributed by atoms with Crippen LogP contribution in [-0.2, 0) is 10.2 Å². The van der Waals surface area contributed by atoms with Gasteiger partial charge in [0, 0.05) is 27.9 Å². The van der Waals surface area contributed by atoms with Crippen LogP contribution in [0.15, 0.2) is 41.8 Å². The molecule has 2 aromatic carbocycles. The van der Waals surface area contributed by atoms with E-state index in [2.05, 4.69) is 21.7 Å². The Labute approximate surface area is 237 Å². The molecule has 3 aromatic rings. The van der Waals surface area contributed by atoms with Crippen molar-refractivity contribution < 1.29 is 23.5 Å². The third-order valence-corrected chi connectivity index (χ3v) is 7.97. The number of anilines is 1. The van der Waals surface area contributed by atoms with E-state index < -0.39 is 52.3 Å². The van der Waals surface area contributed by atoms with Crippen LogP contribution in [0.3, 0.4) is 0 Å². The largest absolute Gasteiger partial charge is 0.476 e. The summed E-state index contributed by atoms with van der Waals surface area (Å²) < 4.78 is 31.3. The van der Waals surface area contributed by atoms with Gasteiger partial charge in [0.1, 0.15) is 17.0 Å². The summed E-state index contributed by atoms with van der Waals surface area (Å²) in [4.78, 5) is 28.9. The molecule has 39 heavy (non-hydrogen) atoms. The quantitative estimate of drug-likeness (QED) is 0.305. The molecular weight excluding hydrogens is 569 g/mol. The van der Waals surface area contributed by atoms with E-state index in [0.717, 1.165) is 17.4 Å². The fourth-order valence-corrected chi connectivity index (χ4v) is 6.20. The minimum atomic E-state index is -1.77. The number of rotatable bonds is 6. The lowest BCUT2D eigenvalue weighted by atomic mass is 9.62. The van der Waals surface area contributed by atoms with Gasteiger partial charge in [-0.2, -0.15) is 5.26 Å². The van der Waals surface area contributed by atoms with Crippen molar-refractivity contribution >= 4 is 51.5 Å². The predicted octanol–water partition coefficient (Wildman–Crippen LogP) is 6.39. The van der Waals surface area contributed by atoms with E-state index in [9.17, 15) is 20.0 Å². The Morgan fingerprint density at radius 2 is 1.97 bits per heavy atom. The van der Waals surface area contributed by atoms with Gasteiger partial charge in [0.2, 0.25) is 5.91 Å². The Hall–Kier alpha value is -3.10. The lowest BCUT2D eigenvalue weighted by molar-refractivity contribution is -0.118. The van der Waals surface area contributed by atoms with Crippen LogP contribution >= 0.6 is 34.5 Å². The maximum absolute atomic E-state index is 15.6. The zero-order valence-electron chi connectivity index (χ0n) is 21.1. The third-order valence-electron chi connectivity index (χ3n) is 6.69. The number of carbonyl (C=O) groups is 2. The first kappa shape index (κ1) is 28.9. The highest BCUT2D eigenvalue weighted by Crippen LogP contribution is 2.52. The van der Waals surface area contributed by atoms with E-state index in [-0.39, 0.29) is 32.0 Å². The molecule has 7 nitrogen and oxygen atoms in total. The Balaban J connectivity index is 1.94. The highest BCUT2D eigenvalue weighted by atomic mass is 35.5. The molecule has 0 bridgehead atoms. The van der Waals surface area contributed by atoms with E-state index in [4.69, 9.17) is 23.2 Å². The second kappa shape index (κ2) is 10.8. The lowest BCUT2D eigenvalue weighted by Crippen LogP contribution is -2.45. The van der Waals surface area contributed by atoms with Crippen LogP contribution in [0.4, 0.5) is 13.9 Å². The second-order valence-electron chi connectivity index (χ2n) is 10.5. The summed E-state index contributed by atoms with van der Waals surface area (Å²) >= 11 is 13.0. The number of nitrogens with zero attached hydrogens (tertiary/aromatic N) is 2. The van der Waals surface area contributed by atoms with Crippen LogP contribution in [0.5, 0.6) is 0 Å². The molecule has 4 rings (SSSR count). The number of hydrogen-bond donors (Lipinski definition) is 3. The molecule has 1 saturated heterocycles. The topological polar surface area (TPSA) is 115 Å². The molecule has 0 aliphatic carbocycles. The second-order valence-corrected chi connectivity index (χ2v) is 12.2. The van der Waals surface area contributed by atoms with Crippen LogP contribution in [-0.4, -0.2) is 34.1 Å². The van der Waals surface area contributed by atoms with E-state index >= 15 is 8.78 Å². The molecule has 1 aliphatic heterocycles. The summed E-state index contributed by atoms with van der Waals surface area (Å²) in [5, 5.41) is 26.9. The van der Waals surface area contributed by atoms with Gasteiger partial charge in [-0.05, 0) is 35.6 Å². The lowest BCUT2D eigenvalue weighted by Gasteiger charge is -2.37. The zero-order chi connectivity index (χ0) is 28.7. The molecule has 12 heteroatoms. The van der Waals surface area contributed by atoms with Crippen LogP contribution in [0.2, 0.25) is 10.0 Å². The monoisotopic (exact) mass is 592 g/mol. The molecule has 3 N–H and O–H groups in total. The molecule has 0 spiro atoms. The highest BCUT2D eigenvalue weighted by Gasteiger charge is 2.61. The maximum atomic E-state index is 15.6. The average Bonchev–Trinajstić information content (AvgIpc) is 3.43. The number of halogens is 4. The number of benzene rings is 2. The van der Waals surface area contributed by atoms with Crippen molar-refractivity contribution in [2.24, 2.45) is 5.41 Å². The molecule has 1 amide bonds. The van der Waals surface area contributed by atoms with E-state index in [0.29, 0.717) is 6.42 Å². The third kappa shape index (κ3) is 5.50. The van der Waals surface area contributed by atoms with Gasteiger partial charge < -0.3 is 15.7 Å². The van der Waals surface area contributed by atoms with Crippen molar-refractivity contribution in [3.63, 3.8) is 0 Å². The molecule has 1 aliphatic rings. The van der Waals surface area contributed by atoms with Gasteiger partial charge in [0.15, 0.2) is 10.8 Å². The fourth-order valence-electron chi connectivity index (χ4n) is 5.17. The summed E-state index contributed by atoms with van der Waals surface area (Å²) in [6.07, 6.45) is 0.311. The van der Waals surface area contributed by atoms with Gasteiger partial charge in [-0.1, -0.05) is 62.2 Å². The van der Waals surface area contributed by atoms with Crippen molar-refractivity contribution in [3.05, 3.63) is 80.3 Å². The number of carboxylic acids is 1. The van der Waals surface area contributed by atoms with Crippen molar-refractivity contribution in [1.29, 1.82) is 5.26 Å². The summed E-state index contributed by atoms with van der Waals surface area (Å²) in [7, 11) is 0. The van der Waals surface area contributed by atoms with Gasteiger partial charge in [0.05, 0.1) is 17.1 Å². The molecule has 0 unspecified atom stereocenters. The molecular formula is C27H24Cl2F2N4O3S. The average molecular weight is 593 g/mol. The molecule has 4 atom stereocenters. The number of carboxylic acid groups (broad SMARTS) is 1. The first-order chi connectivity index (χ1) is 18.3. The molecule has 204 valence electrons. The Bertz CT molecular complexity index is 1490. The predicted molar refractivity (Wildman–Crippen MR) is 145 cm³/mol. The van der Waals surface area contributed by atoms with E-state index in [1.165, 1.54) is 35.7 Å². The number of hydrogen-bond acceptors (Lipinski definition) is 6. The Morgan fingerprint density at radius 1 is 1.26 bits per heavy atom. The summed E-state index contributed by atoms with van der Waals surface area (Å²) in [5.74, 6) is -4.82. The van der Waals surface area contributed by atoms with Crippen molar-refractivity contribution in [2.45, 2.75) is 50.6 Å². The van der Waals surface area contributed by atoms with Crippen LogP contribution < -0.4 is 10.6 Å². The summed E-state index contributed by atoms with van der Waals surface area (Å²) in [5.41, 5.74) is -2.51. The van der Waals surface area contributed by atoms with Crippen molar-refractivity contribution in [1.82, 2.24) is 10.3 Å². The minimum Gasteiger partial charge on any atom is -0.476 e. The molecule has 1 aromatic heterocycles. The Kier molecular flexibility index (Phi) is 8.01. The van der Waals surface area contributed by atoms with Crippen LogP contribution in [0.1, 0.15) is 54.7 Å². The van der Waals surface area contributed by atoms with Gasteiger partial charge in [-0.15, -0.1) is 11.3 Å². The first-order valence-corrected chi connectivity index (χ1v) is 13.5.